The first-order valence-corrected chi connectivity index (χ1v) is 14.3. The third kappa shape index (κ3) is 6.69. The smallest absolute Gasteiger partial charge is 0.341 e. The third-order valence-electron chi connectivity index (χ3n) is 6.63. The largest absolute Gasteiger partial charge is 0.462 e. The number of carbonyl (C=O) groups is 3. The number of hydrogen-bond donors (Lipinski definition) is 1. The van der Waals surface area contributed by atoms with Crippen LogP contribution >= 0.6 is 11.3 Å². The molecule has 2 aromatic heterocycles. The molecule has 1 atom stereocenters. The molecular weight excluding hydrogens is 528 g/mol. The molecule has 1 amide bonds. The van der Waals surface area contributed by atoms with Crippen molar-refractivity contribution in [2.24, 2.45) is 5.92 Å². The highest BCUT2D eigenvalue weighted by molar-refractivity contribution is 7.17. The van der Waals surface area contributed by atoms with E-state index in [-0.39, 0.29) is 18.1 Å². The monoisotopic (exact) mass is 560 g/mol. The minimum absolute atomic E-state index is 0.166. The van der Waals surface area contributed by atoms with Crippen LogP contribution in [0, 0.1) is 17.2 Å². The van der Waals surface area contributed by atoms with Crippen LogP contribution in [0.5, 0.6) is 0 Å². The number of hydrogen-bond acceptors (Lipinski definition) is 8. The normalized spacial score (nSPS) is 14.7. The number of unbranched alkanes of at least 4 members (excludes halogenated alkanes) is 1. The van der Waals surface area contributed by atoms with Gasteiger partial charge in [-0.3, -0.25) is 4.79 Å². The van der Waals surface area contributed by atoms with Gasteiger partial charge in [-0.05, 0) is 68.4 Å². The Morgan fingerprint density at radius 2 is 1.90 bits per heavy atom. The summed E-state index contributed by atoms with van der Waals surface area (Å²) in [6, 6.07) is 12.1. The van der Waals surface area contributed by atoms with Crippen molar-refractivity contribution in [1.29, 1.82) is 5.26 Å². The lowest BCUT2D eigenvalue weighted by molar-refractivity contribution is -0.112. The molecule has 8 nitrogen and oxygen atoms in total. The van der Waals surface area contributed by atoms with E-state index >= 15 is 0 Å². The van der Waals surface area contributed by atoms with Gasteiger partial charge >= 0.3 is 11.9 Å². The predicted molar refractivity (Wildman–Crippen MR) is 153 cm³/mol. The van der Waals surface area contributed by atoms with Crippen LogP contribution < -0.4 is 5.32 Å². The van der Waals surface area contributed by atoms with Gasteiger partial charge < -0.3 is 19.2 Å². The Balaban J connectivity index is 1.50. The maximum Gasteiger partial charge on any atom is 0.341 e. The number of nitriles is 1. The van der Waals surface area contributed by atoms with E-state index in [2.05, 4.69) is 12.2 Å². The molecular formula is C31H32N2O6S. The Hall–Kier alpha value is -4.16. The van der Waals surface area contributed by atoms with Gasteiger partial charge in [-0.25, -0.2) is 9.59 Å². The Bertz CT molecular complexity index is 1460. The second-order valence-electron chi connectivity index (χ2n) is 9.67. The van der Waals surface area contributed by atoms with Crippen molar-refractivity contribution < 1.29 is 28.3 Å². The molecule has 1 aromatic carbocycles. The SMILES string of the molecule is CCCCOC(=O)c1ccc(-c2ccc(/C=C(\C#N)C(=O)Nc3sc4c(c3C(=O)OCC)CC[C@@H](C)C4)o2)cc1. The lowest BCUT2D eigenvalue weighted by Crippen LogP contribution is -2.17. The Labute approximate surface area is 237 Å². The summed E-state index contributed by atoms with van der Waals surface area (Å²) in [7, 11) is 0. The fraction of sp³-hybridized carbons (Fsp3) is 0.355. The maximum atomic E-state index is 13.1. The van der Waals surface area contributed by atoms with Gasteiger partial charge in [0.15, 0.2) is 0 Å². The van der Waals surface area contributed by atoms with Crippen LogP contribution in [-0.2, 0) is 27.1 Å². The molecule has 0 aliphatic heterocycles. The zero-order chi connectivity index (χ0) is 28.6. The Morgan fingerprint density at radius 3 is 2.60 bits per heavy atom. The predicted octanol–water partition coefficient (Wildman–Crippen LogP) is 6.81. The van der Waals surface area contributed by atoms with Crippen molar-refractivity contribution >= 4 is 40.3 Å². The van der Waals surface area contributed by atoms with E-state index in [1.54, 1.807) is 43.3 Å². The summed E-state index contributed by atoms with van der Waals surface area (Å²) in [5, 5.41) is 12.9. The van der Waals surface area contributed by atoms with Gasteiger partial charge in [-0.15, -0.1) is 11.3 Å². The number of fused-ring (bicyclic) bond motifs is 1. The number of anilines is 1. The lowest BCUT2D eigenvalue weighted by atomic mass is 9.88. The molecule has 0 radical (unpaired) electrons. The molecule has 1 N–H and O–H groups in total. The molecule has 40 heavy (non-hydrogen) atoms. The van der Waals surface area contributed by atoms with Crippen molar-refractivity contribution in [3.8, 4) is 17.4 Å². The maximum absolute atomic E-state index is 13.1. The number of nitrogens with zero attached hydrogens (tertiary/aromatic N) is 1. The molecule has 0 fully saturated rings. The Kier molecular flexibility index (Phi) is 9.56. The number of amides is 1. The highest BCUT2D eigenvalue weighted by atomic mass is 32.1. The van der Waals surface area contributed by atoms with Gasteiger partial charge in [-0.1, -0.05) is 32.4 Å². The first-order chi connectivity index (χ1) is 19.3. The van der Waals surface area contributed by atoms with Gasteiger partial charge in [-0.2, -0.15) is 5.26 Å². The van der Waals surface area contributed by atoms with Crippen LogP contribution in [0.1, 0.15) is 77.0 Å². The topological polar surface area (TPSA) is 119 Å². The summed E-state index contributed by atoms with van der Waals surface area (Å²) in [5.74, 6) is -0.163. The van der Waals surface area contributed by atoms with E-state index in [1.807, 2.05) is 13.0 Å². The average Bonchev–Trinajstić information content (AvgIpc) is 3.56. The third-order valence-corrected chi connectivity index (χ3v) is 7.80. The van der Waals surface area contributed by atoms with Crippen molar-refractivity contribution in [2.45, 2.75) is 52.9 Å². The van der Waals surface area contributed by atoms with Crippen LogP contribution in [0.25, 0.3) is 17.4 Å². The minimum Gasteiger partial charge on any atom is -0.462 e. The van der Waals surface area contributed by atoms with Crippen LogP contribution in [0.15, 0.2) is 46.4 Å². The molecule has 3 aromatic rings. The molecule has 208 valence electrons. The summed E-state index contributed by atoms with van der Waals surface area (Å²) in [6.07, 6.45) is 5.65. The number of esters is 2. The number of nitrogens with one attached hydrogen (secondary N) is 1. The second kappa shape index (κ2) is 13.3. The van der Waals surface area contributed by atoms with E-state index in [4.69, 9.17) is 13.9 Å². The summed E-state index contributed by atoms with van der Waals surface area (Å²) in [5.41, 5.74) is 2.32. The molecule has 0 saturated heterocycles. The molecule has 0 bridgehead atoms. The highest BCUT2D eigenvalue weighted by Gasteiger charge is 2.29. The summed E-state index contributed by atoms with van der Waals surface area (Å²) >= 11 is 1.37. The second-order valence-corrected chi connectivity index (χ2v) is 10.8. The van der Waals surface area contributed by atoms with Crippen LogP contribution in [0.2, 0.25) is 0 Å². The molecule has 1 aliphatic rings. The van der Waals surface area contributed by atoms with Crippen molar-refractivity contribution in [2.75, 3.05) is 18.5 Å². The molecule has 9 heteroatoms. The van der Waals surface area contributed by atoms with Crippen molar-refractivity contribution in [3.63, 3.8) is 0 Å². The quantitative estimate of drug-likeness (QED) is 0.125. The van der Waals surface area contributed by atoms with E-state index < -0.39 is 11.9 Å². The summed E-state index contributed by atoms with van der Waals surface area (Å²) < 4.78 is 16.4. The standard InChI is InChI=1S/C31H32N2O6S/c1-4-6-15-38-30(35)21-10-8-20(9-11-21)25-14-12-23(39-25)17-22(18-32)28(34)33-29-27(31(36)37-5-2)24-13-7-19(3)16-26(24)40-29/h8-12,14,17,19H,4-7,13,15-16H2,1-3H3,(H,33,34)/b22-17+/t19-/m1/s1. The van der Waals surface area contributed by atoms with E-state index in [0.29, 0.717) is 40.2 Å². The number of rotatable bonds is 10. The minimum atomic E-state index is -0.636. The fourth-order valence-corrected chi connectivity index (χ4v) is 5.86. The number of carbonyl (C=O) groups excluding carboxylic acids is 3. The van der Waals surface area contributed by atoms with Crippen molar-refractivity contribution in [1.82, 2.24) is 0 Å². The van der Waals surface area contributed by atoms with Gasteiger partial charge in [0.25, 0.3) is 5.91 Å². The first-order valence-electron chi connectivity index (χ1n) is 13.5. The zero-order valence-corrected chi connectivity index (χ0v) is 23.7. The number of ether oxygens (including phenoxy) is 2. The van der Waals surface area contributed by atoms with E-state index in [0.717, 1.165) is 48.1 Å². The van der Waals surface area contributed by atoms with Gasteiger partial charge in [0.1, 0.15) is 28.2 Å². The molecule has 0 spiro atoms. The van der Waals surface area contributed by atoms with Crippen molar-refractivity contribution in [3.05, 3.63) is 69.3 Å². The molecule has 0 unspecified atom stereocenters. The number of thiophene rings is 1. The van der Waals surface area contributed by atoms with E-state index in [9.17, 15) is 19.6 Å². The van der Waals surface area contributed by atoms with E-state index in [1.165, 1.54) is 17.4 Å². The molecule has 1 aliphatic carbocycles. The van der Waals surface area contributed by atoms with Gasteiger partial charge in [0, 0.05) is 16.5 Å². The van der Waals surface area contributed by atoms with Crippen LogP contribution in [0.3, 0.4) is 0 Å². The lowest BCUT2D eigenvalue weighted by Gasteiger charge is -2.18. The summed E-state index contributed by atoms with van der Waals surface area (Å²) in [4.78, 5) is 39.1. The zero-order valence-electron chi connectivity index (χ0n) is 22.9. The van der Waals surface area contributed by atoms with Crippen LogP contribution in [-0.4, -0.2) is 31.1 Å². The molecule has 2 heterocycles. The number of furan rings is 1. The van der Waals surface area contributed by atoms with Gasteiger partial charge in [0.05, 0.1) is 24.3 Å². The molecule has 0 saturated carbocycles. The van der Waals surface area contributed by atoms with Crippen LogP contribution in [0.4, 0.5) is 5.00 Å². The average molecular weight is 561 g/mol. The first kappa shape index (κ1) is 28.8. The Morgan fingerprint density at radius 1 is 1.12 bits per heavy atom. The summed E-state index contributed by atoms with van der Waals surface area (Å²) in [6.45, 7) is 6.54. The number of benzene rings is 1. The van der Waals surface area contributed by atoms with Gasteiger partial charge in [0.2, 0.25) is 0 Å². The molecule has 4 rings (SSSR count). The fourth-order valence-electron chi connectivity index (χ4n) is 4.47. The highest BCUT2D eigenvalue weighted by Crippen LogP contribution is 2.40.